The summed E-state index contributed by atoms with van der Waals surface area (Å²) in [4.78, 5) is 3.40. The average molecular weight is 395 g/mol. The first-order valence-corrected chi connectivity index (χ1v) is 10.1. The van der Waals surface area contributed by atoms with Gasteiger partial charge in [0.05, 0.1) is 22.9 Å². The topological polar surface area (TPSA) is 65.5 Å². The fourth-order valence-electron chi connectivity index (χ4n) is 5.43. The molecule has 0 spiro atoms. The lowest BCUT2D eigenvalue weighted by Crippen LogP contribution is -2.49. The third kappa shape index (κ3) is 2.24. The van der Waals surface area contributed by atoms with E-state index in [-0.39, 0.29) is 36.5 Å². The van der Waals surface area contributed by atoms with E-state index in [0.29, 0.717) is 0 Å². The van der Waals surface area contributed by atoms with Crippen molar-refractivity contribution in [2.75, 3.05) is 17.4 Å². The predicted molar refractivity (Wildman–Crippen MR) is 90.9 cm³/mol. The van der Waals surface area contributed by atoms with Gasteiger partial charge in [-0.25, -0.2) is 15.0 Å². The molecule has 142 valence electrons. The van der Waals surface area contributed by atoms with Crippen LogP contribution in [-0.4, -0.2) is 26.3 Å². The second-order valence-corrected chi connectivity index (χ2v) is 9.67. The van der Waals surface area contributed by atoms with Crippen molar-refractivity contribution in [3.05, 3.63) is 40.7 Å². The van der Waals surface area contributed by atoms with E-state index in [1.807, 2.05) is 0 Å². The van der Waals surface area contributed by atoms with Gasteiger partial charge in [-0.3, -0.25) is 4.31 Å². The van der Waals surface area contributed by atoms with Gasteiger partial charge in [-0.15, -0.1) is 0 Å². The SMILES string of the molecule is [C-]#[N+]C[C@@]12[C@@H]3CC[C@@H](C3)[C@@H]1CN(c1ccc(C#N)c(C(F)(F)F)c1)S2(=O)=O. The van der Waals surface area contributed by atoms with Crippen molar-refractivity contribution in [2.24, 2.45) is 17.8 Å². The number of fused-ring (bicyclic) bond motifs is 5. The summed E-state index contributed by atoms with van der Waals surface area (Å²) in [5, 5.41) is 8.95. The summed E-state index contributed by atoms with van der Waals surface area (Å²) < 4.78 is 66.6. The van der Waals surface area contributed by atoms with Crippen LogP contribution >= 0.6 is 0 Å². The van der Waals surface area contributed by atoms with E-state index in [2.05, 4.69) is 4.85 Å². The molecule has 4 rings (SSSR count). The standard InChI is InChI=1S/C18H16F3N3O2S/c1-23-10-17-13-4-2-11(6-13)16(17)9-24(27(17,25)26)14-5-3-12(8-22)15(7-14)18(19,20)21/h3,5,7,11,13,16H,2,4,6,9-10H2/t11-,13+,16-,17+/m0/s1. The van der Waals surface area contributed by atoms with Crippen LogP contribution in [0.3, 0.4) is 0 Å². The minimum Gasteiger partial charge on any atom is -0.315 e. The van der Waals surface area contributed by atoms with Crippen molar-refractivity contribution >= 4 is 15.7 Å². The number of nitriles is 1. The van der Waals surface area contributed by atoms with E-state index < -0.39 is 32.1 Å². The van der Waals surface area contributed by atoms with Crippen LogP contribution in [-0.2, 0) is 16.2 Å². The number of hydrogen-bond acceptors (Lipinski definition) is 3. The van der Waals surface area contributed by atoms with Crippen molar-refractivity contribution in [2.45, 2.75) is 30.2 Å². The number of alkyl halides is 3. The first kappa shape index (κ1) is 18.1. The number of rotatable bonds is 2. The van der Waals surface area contributed by atoms with E-state index in [1.54, 1.807) is 0 Å². The van der Waals surface area contributed by atoms with Gasteiger partial charge in [-0.1, -0.05) is 0 Å². The van der Waals surface area contributed by atoms with Crippen LogP contribution in [0.2, 0.25) is 0 Å². The zero-order valence-electron chi connectivity index (χ0n) is 14.2. The van der Waals surface area contributed by atoms with Gasteiger partial charge in [0, 0.05) is 12.5 Å². The Morgan fingerprint density at radius 1 is 1.37 bits per heavy atom. The number of halogens is 3. The van der Waals surface area contributed by atoms with E-state index in [4.69, 9.17) is 11.8 Å². The van der Waals surface area contributed by atoms with E-state index in [0.717, 1.165) is 35.7 Å². The van der Waals surface area contributed by atoms with E-state index in [1.165, 1.54) is 12.1 Å². The summed E-state index contributed by atoms with van der Waals surface area (Å²) in [5.74, 6) is -0.158. The molecule has 3 fully saturated rings. The van der Waals surface area contributed by atoms with Crippen LogP contribution in [0, 0.1) is 35.7 Å². The summed E-state index contributed by atoms with van der Waals surface area (Å²) in [6.07, 6.45) is -2.34. The Balaban J connectivity index is 1.84. The number of benzene rings is 1. The van der Waals surface area contributed by atoms with Crippen molar-refractivity contribution in [3.8, 4) is 6.07 Å². The molecule has 1 aliphatic heterocycles. The lowest BCUT2D eigenvalue weighted by Gasteiger charge is -2.32. The normalized spacial score (nSPS) is 33.5. The van der Waals surface area contributed by atoms with Crippen LogP contribution in [0.4, 0.5) is 18.9 Å². The highest BCUT2D eigenvalue weighted by molar-refractivity contribution is 7.94. The highest BCUT2D eigenvalue weighted by atomic mass is 32.2. The zero-order chi connectivity index (χ0) is 19.6. The summed E-state index contributed by atoms with van der Waals surface area (Å²) >= 11 is 0. The summed E-state index contributed by atoms with van der Waals surface area (Å²) in [6.45, 7) is 7.21. The van der Waals surface area contributed by atoms with Gasteiger partial charge < -0.3 is 4.85 Å². The number of hydrogen-bond donors (Lipinski definition) is 0. The average Bonchev–Trinajstić information content (AvgIpc) is 3.25. The molecule has 2 bridgehead atoms. The van der Waals surface area contributed by atoms with Crippen molar-refractivity contribution in [3.63, 3.8) is 0 Å². The molecule has 1 aromatic carbocycles. The Labute approximate surface area is 155 Å². The Morgan fingerprint density at radius 3 is 2.74 bits per heavy atom. The molecule has 1 heterocycles. The van der Waals surface area contributed by atoms with Crippen molar-refractivity contribution in [1.29, 1.82) is 5.26 Å². The summed E-state index contributed by atoms with van der Waals surface area (Å²) in [7, 11) is -3.98. The molecule has 9 heteroatoms. The number of sulfonamides is 1. The molecule has 0 amide bonds. The Kier molecular flexibility index (Phi) is 3.77. The minimum absolute atomic E-state index is 0.0838. The van der Waals surface area contributed by atoms with E-state index >= 15 is 0 Å². The molecule has 0 aromatic heterocycles. The lowest BCUT2D eigenvalue weighted by molar-refractivity contribution is -0.137. The van der Waals surface area contributed by atoms with E-state index in [9.17, 15) is 21.6 Å². The highest BCUT2D eigenvalue weighted by Crippen LogP contribution is 2.62. The van der Waals surface area contributed by atoms with Gasteiger partial charge in [0.15, 0.2) is 4.75 Å². The van der Waals surface area contributed by atoms with Crippen molar-refractivity contribution in [1.82, 2.24) is 0 Å². The lowest BCUT2D eigenvalue weighted by atomic mass is 9.78. The maximum absolute atomic E-state index is 13.4. The maximum atomic E-state index is 13.4. The predicted octanol–water partition coefficient (Wildman–Crippen LogP) is 3.43. The fraction of sp³-hybridized carbons (Fsp3) is 0.556. The van der Waals surface area contributed by atoms with Gasteiger partial charge in [0.2, 0.25) is 16.6 Å². The van der Waals surface area contributed by atoms with Gasteiger partial charge in [0.1, 0.15) is 0 Å². The maximum Gasteiger partial charge on any atom is 0.417 e. The third-order valence-electron chi connectivity index (χ3n) is 6.54. The van der Waals surface area contributed by atoms with Gasteiger partial charge >= 0.3 is 6.18 Å². The summed E-state index contributed by atoms with van der Waals surface area (Å²) in [5.41, 5.74) is -1.77. The summed E-state index contributed by atoms with van der Waals surface area (Å²) in [6, 6.07) is 4.51. The Morgan fingerprint density at radius 2 is 2.11 bits per heavy atom. The molecular weight excluding hydrogens is 379 g/mol. The van der Waals surface area contributed by atoms with Crippen LogP contribution in [0.15, 0.2) is 18.2 Å². The molecule has 3 aliphatic rings. The molecule has 2 saturated carbocycles. The molecule has 1 saturated heterocycles. The van der Waals surface area contributed by atoms with Crippen LogP contribution < -0.4 is 4.31 Å². The van der Waals surface area contributed by atoms with Crippen molar-refractivity contribution < 1.29 is 21.6 Å². The Hall–Kier alpha value is -2.26. The molecule has 1 aromatic rings. The molecule has 2 aliphatic carbocycles. The largest absolute Gasteiger partial charge is 0.417 e. The molecule has 27 heavy (non-hydrogen) atoms. The number of nitrogens with zero attached hydrogens (tertiary/aromatic N) is 3. The van der Waals surface area contributed by atoms with Gasteiger partial charge in [-0.05, 0) is 49.3 Å². The molecule has 4 atom stereocenters. The molecule has 0 N–H and O–H groups in total. The second kappa shape index (κ2) is 5.62. The first-order chi connectivity index (χ1) is 12.7. The Bertz CT molecular complexity index is 993. The van der Waals surface area contributed by atoms with Crippen LogP contribution in [0.5, 0.6) is 0 Å². The third-order valence-corrected chi connectivity index (χ3v) is 9.20. The van der Waals surface area contributed by atoms with Gasteiger partial charge in [-0.2, -0.15) is 18.4 Å². The monoisotopic (exact) mass is 395 g/mol. The quantitative estimate of drug-likeness (QED) is 0.721. The minimum atomic E-state index is -4.76. The number of anilines is 1. The fourth-order valence-corrected chi connectivity index (χ4v) is 8.10. The van der Waals surface area contributed by atoms with Crippen LogP contribution in [0.25, 0.3) is 4.85 Å². The zero-order valence-corrected chi connectivity index (χ0v) is 15.0. The molecular formula is C18H16F3N3O2S. The highest BCUT2D eigenvalue weighted by Gasteiger charge is 2.72. The first-order valence-electron chi connectivity index (χ1n) is 8.63. The van der Waals surface area contributed by atoms with Gasteiger partial charge in [0.25, 0.3) is 0 Å². The smallest absolute Gasteiger partial charge is 0.315 e. The molecule has 5 nitrogen and oxygen atoms in total. The second-order valence-electron chi connectivity index (χ2n) is 7.52. The molecule has 0 unspecified atom stereocenters. The molecule has 0 radical (unpaired) electrons. The van der Waals surface area contributed by atoms with Crippen LogP contribution in [0.1, 0.15) is 30.4 Å².